The van der Waals surface area contributed by atoms with Crippen molar-refractivity contribution in [1.29, 1.82) is 0 Å². The normalized spacial score (nSPS) is 15.3. The van der Waals surface area contributed by atoms with Gasteiger partial charge in [0.2, 0.25) is 5.91 Å². The largest absolute Gasteiger partial charge is 0.353 e. The molecule has 0 spiro atoms. The second-order valence-electron chi connectivity index (χ2n) is 6.98. The molecule has 3 rings (SSSR count). The van der Waals surface area contributed by atoms with E-state index in [0.717, 1.165) is 42.4 Å². The van der Waals surface area contributed by atoms with E-state index in [9.17, 15) is 4.79 Å². The van der Waals surface area contributed by atoms with Gasteiger partial charge in [0.05, 0.1) is 5.75 Å². The molecule has 1 aliphatic carbocycles. The Hall–Kier alpha value is -1.34. The molecule has 1 amide bonds. The van der Waals surface area contributed by atoms with Crippen molar-refractivity contribution in [3.05, 3.63) is 15.8 Å². The molecule has 0 aromatic carbocycles. The third kappa shape index (κ3) is 4.49. The summed E-state index contributed by atoms with van der Waals surface area (Å²) < 4.78 is 2.16. The predicted molar refractivity (Wildman–Crippen MR) is 109 cm³/mol. The fourth-order valence-corrected chi connectivity index (χ4v) is 5.04. The number of rotatable bonds is 7. The van der Waals surface area contributed by atoms with Gasteiger partial charge in [0, 0.05) is 28.4 Å². The molecule has 0 aliphatic heterocycles. The minimum absolute atomic E-state index is 0.108. The van der Waals surface area contributed by atoms with E-state index in [2.05, 4.69) is 46.2 Å². The minimum atomic E-state index is 0.108. The molecule has 0 saturated heterocycles. The first-order chi connectivity index (χ1) is 12.6. The molecule has 2 aromatic rings. The van der Waals surface area contributed by atoms with E-state index in [1.807, 2.05) is 0 Å². The molecule has 7 heteroatoms. The van der Waals surface area contributed by atoms with Crippen LogP contribution >= 0.6 is 23.1 Å². The lowest BCUT2D eigenvalue weighted by molar-refractivity contribution is -0.119. The number of nitrogens with zero attached hydrogens (tertiary/aromatic N) is 3. The molecular formula is C19H28N4OS2. The highest BCUT2D eigenvalue weighted by molar-refractivity contribution is 7.99. The lowest BCUT2D eigenvalue weighted by atomic mass is 9.95. The monoisotopic (exact) mass is 392 g/mol. The Bertz CT molecular complexity index is 747. The highest BCUT2D eigenvalue weighted by Crippen LogP contribution is 2.31. The second kappa shape index (κ2) is 9.04. The smallest absolute Gasteiger partial charge is 0.230 e. The average Bonchev–Trinajstić information content (AvgIpc) is 3.18. The van der Waals surface area contributed by atoms with Crippen molar-refractivity contribution in [2.45, 2.75) is 77.0 Å². The molecule has 1 N–H and O–H groups in total. The van der Waals surface area contributed by atoms with Crippen LogP contribution in [0.5, 0.6) is 0 Å². The SMILES string of the molecule is CCCn1c(SCC(=O)NC2CCCCC2)nnc1-c1csc(C)c1C. The van der Waals surface area contributed by atoms with E-state index >= 15 is 0 Å². The van der Waals surface area contributed by atoms with E-state index in [-0.39, 0.29) is 5.91 Å². The predicted octanol–water partition coefficient (Wildman–Crippen LogP) is 4.57. The maximum Gasteiger partial charge on any atom is 0.230 e. The van der Waals surface area contributed by atoms with Gasteiger partial charge in [0.15, 0.2) is 11.0 Å². The summed E-state index contributed by atoms with van der Waals surface area (Å²) in [5.41, 5.74) is 2.43. The van der Waals surface area contributed by atoms with E-state index in [1.54, 1.807) is 11.3 Å². The summed E-state index contributed by atoms with van der Waals surface area (Å²) in [6.07, 6.45) is 6.99. The highest BCUT2D eigenvalue weighted by Gasteiger charge is 2.19. The number of aromatic nitrogens is 3. The summed E-state index contributed by atoms with van der Waals surface area (Å²) in [4.78, 5) is 13.6. The number of aryl methyl sites for hydroxylation is 1. The van der Waals surface area contributed by atoms with Crippen LogP contribution in [0.2, 0.25) is 0 Å². The number of carbonyl (C=O) groups excluding carboxylic acids is 1. The van der Waals surface area contributed by atoms with Gasteiger partial charge in [-0.1, -0.05) is 37.9 Å². The molecule has 1 aliphatic rings. The number of hydrogen-bond donors (Lipinski definition) is 1. The standard InChI is InChI=1S/C19H28N4OS2/c1-4-10-23-18(16-11-25-14(3)13(16)2)21-22-19(23)26-12-17(24)20-15-8-6-5-7-9-15/h11,15H,4-10,12H2,1-3H3,(H,20,24). The molecular weight excluding hydrogens is 364 g/mol. The summed E-state index contributed by atoms with van der Waals surface area (Å²) in [7, 11) is 0. The molecule has 0 atom stereocenters. The van der Waals surface area contributed by atoms with Crippen molar-refractivity contribution >= 4 is 29.0 Å². The summed E-state index contributed by atoms with van der Waals surface area (Å²) in [6, 6.07) is 0.359. The molecule has 0 radical (unpaired) electrons. The van der Waals surface area contributed by atoms with Crippen LogP contribution < -0.4 is 5.32 Å². The summed E-state index contributed by atoms with van der Waals surface area (Å²) in [5.74, 6) is 1.43. The second-order valence-corrected chi connectivity index (χ2v) is 9.01. The van der Waals surface area contributed by atoms with Crippen molar-refractivity contribution in [3.8, 4) is 11.4 Å². The van der Waals surface area contributed by atoms with Gasteiger partial charge in [-0.2, -0.15) is 0 Å². The molecule has 26 heavy (non-hydrogen) atoms. The fourth-order valence-electron chi connectivity index (χ4n) is 3.40. The van der Waals surface area contributed by atoms with Gasteiger partial charge in [-0.3, -0.25) is 4.79 Å². The number of thioether (sulfide) groups is 1. The Morgan fingerprint density at radius 1 is 1.31 bits per heavy atom. The van der Waals surface area contributed by atoms with Gasteiger partial charge in [0.1, 0.15) is 0 Å². The molecule has 2 aromatic heterocycles. The van der Waals surface area contributed by atoms with Crippen LogP contribution in [0.4, 0.5) is 0 Å². The van der Waals surface area contributed by atoms with E-state index in [4.69, 9.17) is 0 Å². The number of thiophene rings is 1. The van der Waals surface area contributed by atoms with E-state index < -0.39 is 0 Å². The van der Waals surface area contributed by atoms with Gasteiger partial charge in [-0.05, 0) is 38.7 Å². The van der Waals surface area contributed by atoms with Crippen molar-refractivity contribution in [2.75, 3.05) is 5.75 Å². The number of amides is 1. The third-order valence-electron chi connectivity index (χ3n) is 4.99. The van der Waals surface area contributed by atoms with Crippen LogP contribution in [-0.2, 0) is 11.3 Å². The van der Waals surface area contributed by atoms with Gasteiger partial charge < -0.3 is 9.88 Å². The van der Waals surface area contributed by atoms with Crippen molar-refractivity contribution in [1.82, 2.24) is 20.1 Å². The van der Waals surface area contributed by atoms with Gasteiger partial charge >= 0.3 is 0 Å². The minimum Gasteiger partial charge on any atom is -0.353 e. The summed E-state index contributed by atoms with van der Waals surface area (Å²) in [5, 5.41) is 15.0. The zero-order valence-electron chi connectivity index (χ0n) is 15.9. The van der Waals surface area contributed by atoms with Gasteiger partial charge in [0.25, 0.3) is 0 Å². The summed E-state index contributed by atoms with van der Waals surface area (Å²) in [6.45, 7) is 7.29. The first-order valence-electron chi connectivity index (χ1n) is 9.50. The average molecular weight is 393 g/mol. The molecule has 142 valence electrons. The van der Waals surface area contributed by atoms with Crippen molar-refractivity contribution < 1.29 is 4.79 Å². The fraction of sp³-hybridized carbons (Fsp3) is 0.632. The Balaban J connectivity index is 1.67. The van der Waals surface area contributed by atoms with Crippen molar-refractivity contribution in [2.24, 2.45) is 0 Å². The van der Waals surface area contributed by atoms with Crippen LogP contribution in [0, 0.1) is 13.8 Å². The van der Waals surface area contributed by atoms with Crippen LogP contribution in [0.1, 0.15) is 55.9 Å². The first-order valence-corrected chi connectivity index (χ1v) is 11.4. The van der Waals surface area contributed by atoms with E-state index in [1.165, 1.54) is 41.5 Å². The molecule has 0 unspecified atom stereocenters. The van der Waals surface area contributed by atoms with Crippen LogP contribution in [0.3, 0.4) is 0 Å². The van der Waals surface area contributed by atoms with Gasteiger partial charge in [-0.25, -0.2) is 0 Å². The highest BCUT2D eigenvalue weighted by atomic mass is 32.2. The molecule has 0 bridgehead atoms. The molecule has 1 fully saturated rings. The Labute approximate surface area is 164 Å². The quantitative estimate of drug-likeness (QED) is 0.701. The molecule has 1 saturated carbocycles. The Kier molecular flexibility index (Phi) is 6.75. The Morgan fingerprint density at radius 3 is 2.73 bits per heavy atom. The molecule has 2 heterocycles. The Morgan fingerprint density at radius 2 is 2.08 bits per heavy atom. The molecule has 5 nitrogen and oxygen atoms in total. The van der Waals surface area contributed by atoms with Crippen LogP contribution in [0.25, 0.3) is 11.4 Å². The van der Waals surface area contributed by atoms with Crippen molar-refractivity contribution in [3.63, 3.8) is 0 Å². The zero-order valence-corrected chi connectivity index (χ0v) is 17.5. The topological polar surface area (TPSA) is 59.8 Å². The maximum atomic E-state index is 12.3. The first kappa shape index (κ1) is 19.4. The third-order valence-corrected chi connectivity index (χ3v) is 6.97. The lowest BCUT2D eigenvalue weighted by Crippen LogP contribution is -2.37. The van der Waals surface area contributed by atoms with Crippen LogP contribution in [-0.4, -0.2) is 32.5 Å². The number of hydrogen-bond acceptors (Lipinski definition) is 5. The van der Waals surface area contributed by atoms with Crippen LogP contribution in [0.15, 0.2) is 10.5 Å². The summed E-state index contributed by atoms with van der Waals surface area (Å²) >= 11 is 3.24. The lowest BCUT2D eigenvalue weighted by Gasteiger charge is -2.22. The number of nitrogens with one attached hydrogen (secondary N) is 1. The maximum absolute atomic E-state index is 12.3. The number of carbonyl (C=O) groups is 1. The van der Waals surface area contributed by atoms with E-state index in [0.29, 0.717) is 11.8 Å². The van der Waals surface area contributed by atoms with Gasteiger partial charge in [-0.15, -0.1) is 21.5 Å². The zero-order chi connectivity index (χ0) is 18.5.